The minimum absolute atomic E-state index is 0.0171. The molecule has 0 saturated carbocycles. The third kappa shape index (κ3) is 4.41. The lowest BCUT2D eigenvalue weighted by Crippen LogP contribution is -2.63. The molecule has 0 unspecified atom stereocenters. The van der Waals surface area contributed by atoms with Crippen LogP contribution in [0.25, 0.3) is 10.4 Å². The molecule has 1 saturated heterocycles. The van der Waals surface area contributed by atoms with Crippen molar-refractivity contribution in [2.24, 2.45) is 11.8 Å². The Hall–Kier alpha value is -3.55. The summed E-state index contributed by atoms with van der Waals surface area (Å²) in [6.45, 7) is 8.20. The number of esters is 2. The van der Waals surface area contributed by atoms with Gasteiger partial charge in [0, 0.05) is 23.9 Å². The summed E-state index contributed by atoms with van der Waals surface area (Å²) in [4.78, 5) is 45.4. The smallest absolute Gasteiger partial charge is 0.358 e. The van der Waals surface area contributed by atoms with E-state index in [2.05, 4.69) is 4.98 Å². The summed E-state index contributed by atoms with van der Waals surface area (Å²) < 4.78 is 36.6. The lowest BCUT2D eigenvalue weighted by atomic mass is 9.77. The normalized spacial score (nSPS) is 21.4. The molecule has 13 heteroatoms. The molecule has 5 rings (SSSR count). The first kappa shape index (κ1) is 28.0. The van der Waals surface area contributed by atoms with Crippen LogP contribution in [0.1, 0.15) is 45.8 Å². The van der Waals surface area contributed by atoms with Crippen molar-refractivity contribution in [2.75, 3.05) is 13.0 Å². The number of hydrogen-bond donors (Lipinski definition) is 1. The number of nitrogens with zero attached hydrogens (tertiary/aromatic N) is 3. The second-order valence-electron chi connectivity index (χ2n) is 10.4. The number of rotatable bonds is 7. The van der Waals surface area contributed by atoms with Gasteiger partial charge in [-0.2, -0.15) is 0 Å². The Labute approximate surface area is 234 Å². The number of amides is 1. The van der Waals surface area contributed by atoms with Crippen LogP contribution in [0.3, 0.4) is 0 Å². The molecule has 1 N–H and O–H groups in total. The van der Waals surface area contributed by atoms with Crippen LogP contribution in [-0.4, -0.2) is 70.8 Å². The summed E-state index contributed by atoms with van der Waals surface area (Å²) in [7, 11) is -3.60. The Morgan fingerprint density at radius 3 is 2.38 bits per heavy atom. The molecule has 4 atom stereocenters. The standard InChI is InChI=1S/C27H29N3O8S2/c1-12-7-13(2)18(14(3)8-12)26(33)37-11-38-27(34)22-19(15(4)21-20(16(5)31)24(32)30(21)22)17-9-29-10-28-23(25(29)39-17)40(6,35)36/h7-10,15-16,20-21,31H,11H2,1-6H3/t15-,16+,20+,21+/m0/s1. The number of aromatic nitrogens is 2. The molecule has 0 bridgehead atoms. The molecule has 11 nitrogen and oxygen atoms in total. The average molecular weight is 588 g/mol. The molecule has 4 heterocycles. The van der Waals surface area contributed by atoms with E-state index in [9.17, 15) is 27.9 Å². The molecule has 2 aliphatic heterocycles. The van der Waals surface area contributed by atoms with Crippen LogP contribution >= 0.6 is 11.3 Å². The van der Waals surface area contributed by atoms with Gasteiger partial charge in [-0.05, 0) is 38.8 Å². The molecular formula is C27H29N3O8S2. The topological polar surface area (TPSA) is 145 Å². The van der Waals surface area contributed by atoms with E-state index in [1.807, 2.05) is 26.0 Å². The maximum Gasteiger partial charge on any atom is 0.358 e. The molecular weight excluding hydrogens is 558 g/mol. The van der Waals surface area contributed by atoms with Crippen LogP contribution in [0.5, 0.6) is 0 Å². The minimum atomic E-state index is -3.60. The fourth-order valence-electron chi connectivity index (χ4n) is 5.82. The van der Waals surface area contributed by atoms with Gasteiger partial charge in [0.05, 0.1) is 28.5 Å². The number of aliphatic hydroxyl groups is 1. The number of benzene rings is 1. The Bertz CT molecular complexity index is 1690. The molecule has 0 radical (unpaired) electrons. The van der Waals surface area contributed by atoms with Gasteiger partial charge in [-0.1, -0.05) is 24.6 Å². The van der Waals surface area contributed by atoms with E-state index in [1.165, 1.54) is 18.2 Å². The van der Waals surface area contributed by atoms with E-state index in [4.69, 9.17) is 9.47 Å². The van der Waals surface area contributed by atoms with Crippen LogP contribution in [-0.2, 0) is 28.9 Å². The lowest BCUT2D eigenvalue weighted by molar-refractivity contribution is -0.166. The zero-order chi connectivity index (χ0) is 29.3. The fraction of sp³-hybridized carbons (Fsp3) is 0.407. The second kappa shape index (κ2) is 9.82. The van der Waals surface area contributed by atoms with Crippen molar-refractivity contribution < 1.29 is 37.4 Å². The number of aryl methyl sites for hydroxylation is 3. The van der Waals surface area contributed by atoms with Gasteiger partial charge in [-0.25, -0.2) is 23.0 Å². The summed E-state index contributed by atoms with van der Waals surface area (Å²) in [5.41, 5.74) is 3.32. The largest absolute Gasteiger partial charge is 0.424 e. The molecule has 3 aromatic rings. The molecule has 1 fully saturated rings. The summed E-state index contributed by atoms with van der Waals surface area (Å²) in [5, 5.41) is 10.2. The van der Waals surface area contributed by atoms with E-state index in [0.29, 0.717) is 20.8 Å². The first-order chi connectivity index (χ1) is 18.7. The zero-order valence-corrected chi connectivity index (χ0v) is 24.4. The van der Waals surface area contributed by atoms with Crippen molar-refractivity contribution in [3.8, 4) is 0 Å². The zero-order valence-electron chi connectivity index (χ0n) is 22.8. The predicted octanol–water partition coefficient (Wildman–Crippen LogP) is 2.65. The molecule has 0 aliphatic carbocycles. The number of hydrogen-bond acceptors (Lipinski definition) is 10. The number of sulfone groups is 1. The summed E-state index contributed by atoms with van der Waals surface area (Å²) in [6, 6.07) is 3.22. The molecule has 1 aromatic carbocycles. The van der Waals surface area contributed by atoms with Gasteiger partial charge in [0.25, 0.3) is 0 Å². The van der Waals surface area contributed by atoms with E-state index >= 15 is 0 Å². The predicted molar refractivity (Wildman–Crippen MR) is 145 cm³/mol. The Balaban J connectivity index is 1.46. The number of carbonyl (C=O) groups excluding carboxylic acids is 3. The van der Waals surface area contributed by atoms with Crippen LogP contribution in [0.15, 0.2) is 35.4 Å². The van der Waals surface area contributed by atoms with Crippen LogP contribution in [0, 0.1) is 32.6 Å². The van der Waals surface area contributed by atoms with E-state index in [1.54, 1.807) is 24.4 Å². The average Bonchev–Trinajstić information content (AvgIpc) is 3.47. The number of aliphatic hydroxyl groups excluding tert-OH is 1. The lowest BCUT2D eigenvalue weighted by Gasteiger charge is -2.46. The maximum absolute atomic E-state index is 13.4. The van der Waals surface area contributed by atoms with Gasteiger partial charge in [-0.15, -0.1) is 11.3 Å². The number of thiazole rings is 1. The number of fused-ring (bicyclic) bond motifs is 2. The van der Waals surface area contributed by atoms with Gasteiger partial charge < -0.3 is 19.5 Å². The second-order valence-corrected chi connectivity index (χ2v) is 13.4. The molecule has 0 spiro atoms. The molecule has 40 heavy (non-hydrogen) atoms. The summed E-state index contributed by atoms with van der Waals surface area (Å²) in [6.07, 6.45) is 3.15. The van der Waals surface area contributed by atoms with Gasteiger partial charge in [-0.3, -0.25) is 9.20 Å². The first-order valence-corrected chi connectivity index (χ1v) is 15.3. The highest BCUT2D eigenvalue weighted by Crippen LogP contribution is 2.52. The quantitative estimate of drug-likeness (QED) is 0.251. The van der Waals surface area contributed by atoms with Gasteiger partial charge in [0.2, 0.25) is 12.7 Å². The SMILES string of the molecule is Cc1cc(C)c(C(=O)OCOC(=O)C2=C(c3cn4cnc(S(C)(=O)=O)c4s3)[C@H](C)[C@@H]3[C@@H]([C@@H](C)O)C(=O)N23)c(C)c1. The number of β-lactam (4-membered cyclic amide) rings is 1. The van der Waals surface area contributed by atoms with Crippen molar-refractivity contribution in [2.45, 2.75) is 51.8 Å². The number of ether oxygens (including phenoxy) is 2. The van der Waals surface area contributed by atoms with Crippen molar-refractivity contribution in [1.82, 2.24) is 14.3 Å². The fourth-order valence-corrected chi connectivity index (χ4v) is 8.17. The van der Waals surface area contributed by atoms with Gasteiger partial charge in [0.15, 0.2) is 14.9 Å². The van der Waals surface area contributed by atoms with Crippen molar-refractivity contribution >= 4 is 49.4 Å². The van der Waals surface area contributed by atoms with Crippen LogP contribution < -0.4 is 0 Å². The molecule has 212 valence electrons. The molecule has 2 aromatic heterocycles. The Morgan fingerprint density at radius 2 is 1.77 bits per heavy atom. The summed E-state index contributed by atoms with van der Waals surface area (Å²) >= 11 is 1.12. The highest BCUT2D eigenvalue weighted by atomic mass is 32.2. The highest BCUT2D eigenvalue weighted by molar-refractivity contribution is 7.91. The first-order valence-electron chi connectivity index (χ1n) is 12.6. The van der Waals surface area contributed by atoms with E-state index in [0.717, 1.165) is 34.3 Å². The number of imidazole rings is 1. The maximum atomic E-state index is 13.4. The van der Waals surface area contributed by atoms with Crippen LogP contribution in [0.4, 0.5) is 0 Å². The van der Waals surface area contributed by atoms with Crippen molar-refractivity contribution in [3.05, 3.63) is 57.5 Å². The summed E-state index contributed by atoms with van der Waals surface area (Å²) in [5.74, 6) is -3.01. The van der Waals surface area contributed by atoms with Crippen molar-refractivity contribution in [1.29, 1.82) is 0 Å². The monoisotopic (exact) mass is 587 g/mol. The molecule has 2 aliphatic rings. The van der Waals surface area contributed by atoms with E-state index in [-0.39, 0.29) is 16.6 Å². The minimum Gasteiger partial charge on any atom is -0.424 e. The Morgan fingerprint density at radius 1 is 1.15 bits per heavy atom. The van der Waals surface area contributed by atoms with Gasteiger partial charge in [0.1, 0.15) is 16.9 Å². The van der Waals surface area contributed by atoms with E-state index < -0.39 is 52.5 Å². The highest BCUT2D eigenvalue weighted by Gasteiger charge is 2.60. The van der Waals surface area contributed by atoms with Crippen molar-refractivity contribution in [3.63, 3.8) is 0 Å². The van der Waals surface area contributed by atoms with Crippen LogP contribution in [0.2, 0.25) is 0 Å². The Kier molecular flexibility index (Phi) is 6.87. The van der Waals surface area contributed by atoms with Gasteiger partial charge >= 0.3 is 11.9 Å². The number of carbonyl (C=O) groups is 3. The molecule has 1 amide bonds. The third-order valence-corrected chi connectivity index (χ3v) is 9.70. The third-order valence-electron chi connectivity index (χ3n) is 7.42.